The molecular formula is C13H24N2OS. The monoisotopic (exact) mass is 256 g/mol. The molecule has 0 saturated heterocycles. The normalized spacial score (nSPS) is 13.5. The van der Waals surface area contributed by atoms with Crippen molar-refractivity contribution in [3.8, 4) is 0 Å². The average Bonchev–Trinajstić information content (AvgIpc) is 2.69. The molecule has 0 amide bonds. The predicted molar refractivity (Wildman–Crippen MR) is 74.4 cm³/mol. The van der Waals surface area contributed by atoms with Crippen LogP contribution in [0, 0.1) is 5.92 Å². The molecule has 0 aliphatic carbocycles. The Morgan fingerprint density at radius 3 is 2.76 bits per heavy atom. The van der Waals surface area contributed by atoms with Gasteiger partial charge in [0.1, 0.15) is 0 Å². The van der Waals surface area contributed by atoms with E-state index in [1.54, 1.807) is 11.3 Å². The fourth-order valence-electron chi connectivity index (χ4n) is 1.72. The summed E-state index contributed by atoms with van der Waals surface area (Å²) in [4.78, 5) is 2.16. The highest BCUT2D eigenvalue weighted by atomic mass is 32.1. The van der Waals surface area contributed by atoms with Crippen LogP contribution in [0.4, 0.5) is 0 Å². The maximum atomic E-state index is 9.86. The van der Waals surface area contributed by atoms with E-state index < -0.39 is 0 Å². The van der Waals surface area contributed by atoms with Crippen LogP contribution >= 0.6 is 11.3 Å². The lowest BCUT2D eigenvalue weighted by Crippen LogP contribution is -2.37. The van der Waals surface area contributed by atoms with Gasteiger partial charge in [0.05, 0.1) is 6.10 Å². The van der Waals surface area contributed by atoms with Gasteiger partial charge in [-0.2, -0.15) is 11.3 Å². The van der Waals surface area contributed by atoms with Crippen molar-refractivity contribution in [2.75, 3.05) is 26.7 Å². The molecule has 4 heteroatoms. The first-order valence-corrected chi connectivity index (χ1v) is 7.10. The predicted octanol–water partition coefficient (Wildman–Crippen LogP) is 1.79. The molecule has 0 spiro atoms. The molecule has 17 heavy (non-hydrogen) atoms. The molecule has 0 saturated carbocycles. The van der Waals surface area contributed by atoms with E-state index in [0.29, 0.717) is 19.0 Å². The van der Waals surface area contributed by atoms with E-state index in [0.717, 1.165) is 13.1 Å². The van der Waals surface area contributed by atoms with Crippen LogP contribution in [0.25, 0.3) is 0 Å². The molecule has 0 bridgehead atoms. The average molecular weight is 256 g/mol. The lowest BCUT2D eigenvalue weighted by Gasteiger charge is -2.20. The van der Waals surface area contributed by atoms with E-state index in [1.807, 2.05) is 7.05 Å². The SMILES string of the molecule is CC(C)CNCC(O)CN(C)Cc1ccsc1. The molecular weight excluding hydrogens is 232 g/mol. The summed E-state index contributed by atoms with van der Waals surface area (Å²) in [7, 11) is 2.04. The first-order chi connectivity index (χ1) is 8.08. The summed E-state index contributed by atoms with van der Waals surface area (Å²) in [6.07, 6.45) is -0.294. The second kappa shape index (κ2) is 7.82. The summed E-state index contributed by atoms with van der Waals surface area (Å²) >= 11 is 1.72. The van der Waals surface area contributed by atoms with Crippen LogP contribution in [-0.2, 0) is 6.54 Å². The van der Waals surface area contributed by atoms with Crippen molar-refractivity contribution < 1.29 is 5.11 Å². The summed E-state index contributed by atoms with van der Waals surface area (Å²) in [6, 6.07) is 2.13. The molecule has 2 N–H and O–H groups in total. The van der Waals surface area contributed by atoms with Crippen LogP contribution in [0.15, 0.2) is 16.8 Å². The molecule has 1 aromatic rings. The van der Waals surface area contributed by atoms with Crippen LogP contribution in [0.3, 0.4) is 0 Å². The van der Waals surface area contributed by atoms with E-state index >= 15 is 0 Å². The molecule has 0 aliphatic heterocycles. The van der Waals surface area contributed by atoms with Crippen molar-refractivity contribution in [1.82, 2.24) is 10.2 Å². The molecule has 1 rings (SSSR count). The number of thiophene rings is 1. The standard InChI is InChI=1S/C13H24N2OS/c1-11(2)6-14-7-13(16)9-15(3)8-12-4-5-17-10-12/h4-5,10-11,13-14,16H,6-9H2,1-3H3. The summed E-state index contributed by atoms with van der Waals surface area (Å²) in [6.45, 7) is 7.59. The van der Waals surface area contributed by atoms with Gasteiger partial charge in [-0.1, -0.05) is 13.8 Å². The van der Waals surface area contributed by atoms with E-state index in [9.17, 15) is 5.11 Å². The van der Waals surface area contributed by atoms with Gasteiger partial charge >= 0.3 is 0 Å². The van der Waals surface area contributed by atoms with Crippen molar-refractivity contribution >= 4 is 11.3 Å². The summed E-state index contributed by atoms with van der Waals surface area (Å²) in [5.41, 5.74) is 1.32. The van der Waals surface area contributed by atoms with Crippen molar-refractivity contribution in [1.29, 1.82) is 0 Å². The number of hydrogen-bond donors (Lipinski definition) is 2. The van der Waals surface area contributed by atoms with Gasteiger partial charge in [-0.05, 0) is 41.9 Å². The number of aliphatic hydroxyl groups excluding tert-OH is 1. The molecule has 0 aromatic carbocycles. The number of nitrogens with one attached hydrogen (secondary N) is 1. The minimum absolute atomic E-state index is 0.294. The Bertz CT molecular complexity index is 288. The number of nitrogens with zero attached hydrogens (tertiary/aromatic N) is 1. The molecule has 3 nitrogen and oxygen atoms in total. The summed E-state index contributed by atoms with van der Waals surface area (Å²) < 4.78 is 0. The molecule has 1 aromatic heterocycles. The van der Waals surface area contributed by atoms with Crippen LogP contribution < -0.4 is 5.32 Å². The Balaban J connectivity index is 2.14. The van der Waals surface area contributed by atoms with Gasteiger partial charge in [0.2, 0.25) is 0 Å². The number of rotatable bonds is 8. The van der Waals surface area contributed by atoms with Gasteiger partial charge in [0.25, 0.3) is 0 Å². The second-order valence-corrected chi connectivity index (χ2v) is 5.81. The Kier molecular flexibility index (Phi) is 6.73. The molecule has 0 aliphatic rings. The third-order valence-electron chi connectivity index (χ3n) is 2.49. The molecule has 98 valence electrons. The van der Waals surface area contributed by atoms with Crippen molar-refractivity contribution in [2.24, 2.45) is 5.92 Å². The zero-order chi connectivity index (χ0) is 12.7. The quantitative estimate of drug-likeness (QED) is 0.744. The molecule has 0 fully saturated rings. The topological polar surface area (TPSA) is 35.5 Å². The zero-order valence-electron chi connectivity index (χ0n) is 11.0. The first-order valence-electron chi connectivity index (χ1n) is 6.16. The Morgan fingerprint density at radius 2 is 2.18 bits per heavy atom. The minimum Gasteiger partial charge on any atom is -0.390 e. The maximum absolute atomic E-state index is 9.86. The summed E-state index contributed by atoms with van der Waals surface area (Å²) in [5.74, 6) is 0.630. The fourth-order valence-corrected chi connectivity index (χ4v) is 2.38. The van der Waals surface area contributed by atoms with Gasteiger partial charge in [-0.25, -0.2) is 0 Å². The lowest BCUT2D eigenvalue weighted by molar-refractivity contribution is 0.120. The highest BCUT2D eigenvalue weighted by molar-refractivity contribution is 7.07. The third kappa shape index (κ3) is 6.78. The highest BCUT2D eigenvalue weighted by Crippen LogP contribution is 2.08. The van der Waals surface area contributed by atoms with Gasteiger partial charge in [0.15, 0.2) is 0 Å². The van der Waals surface area contributed by atoms with E-state index in [2.05, 4.69) is 40.9 Å². The second-order valence-electron chi connectivity index (χ2n) is 5.03. The molecule has 0 radical (unpaired) electrons. The zero-order valence-corrected chi connectivity index (χ0v) is 11.8. The highest BCUT2D eigenvalue weighted by Gasteiger charge is 2.08. The van der Waals surface area contributed by atoms with E-state index in [-0.39, 0.29) is 6.10 Å². The number of likely N-dealkylation sites (N-methyl/N-ethyl adjacent to an activating group) is 1. The molecule has 1 atom stereocenters. The van der Waals surface area contributed by atoms with Crippen molar-refractivity contribution in [3.05, 3.63) is 22.4 Å². The van der Waals surface area contributed by atoms with E-state index in [1.165, 1.54) is 5.56 Å². The van der Waals surface area contributed by atoms with Gasteiger partial charge < -0.3 is 10.4 Å². The summed E-state index contributed by atoms with van der Waals surface area (Å²) in [5, 5.41) is 17.4. The maximum Gasteiger partial charge on any atom is 0.0791 e. The first kappa shape index (κ1) is 14.6. The van der Waals surface area contributed by atoms with Crippen LogP contribution in [0.5, 0.6) is 0 Å². The van der Waals surface area contributed by atoms with E-state index in [4.69, 9.17) is 0 Å². The smallest absolute Gasteiger partial charge is 0.0791 e. The lowest BCUT2D eigenvalue weighted by atomic mass is 10.2. The fraction of sp³-hybridized carbons (Fsp3) is 0.692. The van der Waals surface area contributed by atoms with Crippen molar-refractivity contribution in [3.63, 3.8) is 0 Å². The Morgan fingerprint density at radius 1 is 1.41 bits per heavy atom. The van der Waals surface area contributed by atoms with Gasteiger partial charge in [-0.3, -0.25) is 4.90 Å². The molecule has 1 unspecified atom stereocenters. The number of hydrogen-bond acceptors (Lipinski definition) is 4. The number of aliphatic hydroxyl groups is 1. The minimum atomic E-state index is -0.294. The Hall–Kier alpha value is -0.420. The van der Waals surface area contributed by atoms with Crippen LogP contribution in [0.2, 0.25) is 0 Å². The third-order valence-corrected chi connectivity index (χ3v) is 3.22. The van der Waals surface area contributed by atoms with Gasteiger partial charge in [0, 0.05) is 19.6 Å². The van der Waals surface area contributed by atoms with Crippen LogP contribution in [-0.4, -0.2) is 42.8 Å². The largest absolute Gasteiger partial charge is 0.390 e. The molecule has 1 heterocycles. The Labute approximate surface area is 108 Å². The van der Waals surface area contributed by atoms with Crippen LogP contribution in [0.1, 0.15) is 19.4 Å². The van der Waals surface area contributed by atoms with Crippen molar-refractivity contribution in [2.45, 2.75) is 26.5 Å². The van der Waals surface area contributed by atoms with Gasteiger partial charge in [-0.15, -0.1) is 0 Å².